The second kappa shape index (κ2) is 5.58. The number of hydrogen-bond donors (Lipinski definition) is 1. The molecule has 1 unspecified atom stereocenters. The second-order valence-electron chi connectivity index (χ2n) is 5.60. The van der Waals surface area contributed by atoms with Crippen LogP contribution in [0.5, 0.6) is 0 Å². The van der Waals surface area contributed by atoms with Gasteiger partial charge in [-0.15, -0.1) is 11.8 Å². The van der Waals surface area contributed by atoms with Crippen molar-refractivity contribution in [3.8, 4) is 0 Å². The number of nitrogens with one attached hydrogen (secondary N) is 1. The molecule has 1 aliphatic rings. The molecular weight excluding hydrogens is 270 g/mol. The highest BCUT2D eigenvalue weighted by Crippen LogP contribution is 2.29. The first-order chi connectivity index (χ1) is 9.66. The third kappa shape index (κ3) is 2.88. The Bertz CT molecular complexity index is 573. The summed E-state index contributed by atoms with van der Waals surface area (Å²) < 4.78 is 5.44. The van der Waals surface area contributed by atoms with Crippen molar-refractivity contribution in [3.05, 3.63) is 41.5 Å². The van der Waals surface area contributed by atoms with Gasteiger partial charge in [0.15, 0.2) is 5.82 Å². The Morgan fingerprint density at radius 2 is 2.15 bits per heavy atom. The highest BCUT2D eigenvalue weighted by Gasteiger charge is 2.36. The number of benzene rings is 1. The zero-order chi connectivity index (χ0) is 14.0. The van der Waals surface area contributed by atoms with E-state index in [1.807, 2.05) is 0 Å². The van der Waals surface area contributed by atoms with E-state index in [0.717, 1.165) is 37.0 Å². The molecular formula is C15H19N3OS. The molecule has 1 atom stereocenters. The monoisotopic (exact) mass is 289 g/mol. The van der Waals surface area contributed by atoms with Crippen LogP contribution in [0.2, 0.25) is 0 Å². The van der Waals surface area contributed by atoms with E-state index in [4.69, 9.17) is 4.52 Å². The summed E-state index contributed by atoms with van der Waals surface area (Å²) in [6, 6.07) is 8.50. The SMILES string of the molecule is Cc1ccc(SCc2noc(C3(C)CCNC3)n2)cc1. The number of nitrogens with zero attached hydrogens (tertiary/aromatic N) is 2. The van der Waals surface area contributed by atoms with Crippen LogP contribution in [0.25, 0.3) is 0 Å². The lowest BCUT2D eigenvalue weighted by Gasteiger charge is -2.15. The Morgan fingerprint density at radius 3 is 2.85 bits per heavy atom. The molecule has 0 aliphatic carbocycles. The minimum atomic E-state index is -0.000223. The Labute approximate surface area is 123 Å². The summed E-state index contributed by atoms with van der Waals surface area (Å²) >= 11 is 1.74. The van der Waals surface area contributed by atoms with Gasteiger partial charge < -0.3 is 9.84 Å². The van der Waals surface area contributed by atoms with Crippen LogP contribution in [0, 0.1) is 6.92 Å². The molecule has 0 amide bonds. The summed E-state index contributed by atoms with van der Waals surface area (Å²) in [4.78, 5) is 5.79. The van der Waals surface area contributed by atoms with Crippen LogP contribution >= 0.6 is 11.8 Å². The van der Waals surface area contributed by atoms with Gasteiger partial charge >= 0.3 is 0 Å². The van der Waals surface area contributed by atoms with Gasteiger partial charge in [-0.3, -0.25) is 0 Å². The number of hydrogen-bond acceptors (Lipinski definition) is 5. The molecule has 1 N–H and O–H groups in total. The molecule has 106 valence electrons. The summed E-state index contributed by atoms with van der Waals surface area (Å²) in [7, 11) is 0. The van der Waals surface area contributed by atoms with Crippen molar-refractivity contribution >= 4 is 11.8 Å². The summed E-state index contributed by atoms with van der Waals surface area (Å²) in [5.74, 6) is 2.29. The predicted octanol–water partition coefficient (Wildman–Crippen LogP) is 2.92. The number of rotatable bonds is 4. The van der Waals surface area contributed by atoms with Crippen molar-refractivity contribution in [2.45, 2.75) is 36.3 Å². The molecule has 0 radical (unpaired) electrons. The van der Waals surface area contributed by atoms with Gasteiger partial charge in [0.2, 0.25) is 5.89 Å². The third-order valence-electron chi connectivity index (χ3n) is 3.74. The van der Waals surface area contributed by atoms with E-state index in [1.54, 1.807) is 11.8 Å². The Kier molecular flexibility index (Phi) is 3.81. The van der Waals surface area contributed by atoms with Gasteiger partial charge in [-0.25, -0.2) is 0 Å². The molecule has 3 rings (SSSR count). The average Bonchev–Trinajstić information content (AvgIpc) is 3.08. The van der Waals surface area contributed by atoms with Crippen LogP contribution in [-0.4, -0.2) is 23.2 Å². The van der Waals surface area contributed by atoms with E-state index in [1.165, 1.54) is 10.5 Å². The fraction of sp³-hybridized carbons (Fsp3) is 0.467. The van der Waals surface area contributed by atoms with Gasteiger partial charge in [0.25, 0.3) is 0 Å². The fourth-order valence-electron chi connectivity index (χ4n) is 2.34. The lowest BCUT2D eigenvalue weighted by molar-refractivity contribution is 0.305. The van der Waals surface area contributed by atoms with E-state index in [9.17, 15) is 0 Å². The Morgan fingerprint density at radius 1 is 1.35 bits per heavy atom. The van der Waals surface area contributed by atoms with Crippen molar-refractivity contribution in [2.75, 3.05) is 13.1 Å². The molecule has 1 saturated heterocycles. The van der Waals surface area contributed by atoms with Crippen molar-refractivity contribution in [2.24, 2.45) is 0 Å². The predicted molar refractivity (Wildman–Crippen MR) is 79.9 cm³/mol. The van der Waals surface area contributed by atoms with Crippen molar-refractivity contribution < 1.29 is 4.52 Å². The first kappa shape index (κ1) is 13.6. The molecule has 5 heteroatoms. The Balaban J connectivity index is 1.64. The Hall–Kier alpha value is -1.33. The van der Waals surface area contributed by atoms with Crippen LogP contribution in [0.1, 0.15) is 30.6 Å². The maximum absolute atomic E-state index is 5.44. The van der Waals surface area contributed by atoms with Gasteiger partial charge in [-0.1, -0.05) is 22.9 Å². The molecule has 2 aromatic rings. The van der Waals surface area contributed by atoms with E-state index in [0.29, 0.717) is 0 Å². The molecule has 20 heavy (non-hydrogen) atoms. The van der Waals surface area contributed by atoms with E-state index in [2.05, 4.69) is 53.6 Å². The normalized spacial score (nSPS) is 22.3. The highest BCUT2D eigenvalue weighted by atomic mass is 32.2. The average molecular weight is 289 g/mol. The molecule has 1 aliphatic heterocycles. The van der Waals surface area contributed by atoms with Crippen LogP contribution < -0.4 is 5.32 Å². The van der Waals surface area contributed by atoms with E-state index in [-0.39, 0.29) is 5.41 Å². The van der Waals surface area contributed by atoms with Crippen molar-refractivity contribution in [3.63, 3.8) is 0 Å². The van der Waals surface area contributed by atoms with Crippen LogP contribution in [0.3, 0.4) is 0 Å². The topological polar surface area (TPSA) is 51.0 Å². The summed E-state index contributed by atoms with van der Waals surface area (Å²) in [5, 5.41) is 7.45. The van der Waals surface area contributed by atoms with Gasteiger partial charge in [-0.2, -0.15) is 4.98 Å². The number of thioether (sulfide) groups is 1. The van der Waals surface area contributed by atoms with E-state index >= 15 is 0 Å². The summed E-state index contributed by atoms with van der Waals surface area (Å²) in [6.45, 7) is 6.21. The van der Waals surface area contributed by atoms with Crippen molar-refractivity contribution in [1.82, 2.24) is 15.5 Å². The smallest absolute Gasteiger partial charge is 0.233 e. The van der Waals surface area contributed by atoms with Crippen LogP contribution in [-0.2, 0) is 11.2 Å². The molecule has 2 heterocycles. The van der Waals surface area contributed by atoms with Crippen molar-refractivity contribution in [1.29, 1.82) is 0 Å². The number of aryl methyl sites for hydroxylation is 1. The number of aromatic nitrogens is 2. The van der Waals surface area contributed by atoms with Crippen LogP contribution in [0.15, 0.2) is 33.7 Å². The van der Waals surface area contributed by atoms with E-state index < -0.39 is 0 Å². The minimum Gasteiger partial charge on any atom is -0.339 e. The fourth-order valence-corrected chi connectivity index (χ4v) is 3.08. The zero-order valence-corrected chi connectivity index (χ0v) is 12.7. The van der Waals surface area contributed by atoms with Gasteiger partial charge in [0.1, 0.15) is 0 Å². The molecule has 4 nitrogen and oxygen atoms in total. The van der Waals surface area contributed by atoms with Gasteiger partial charge in [-0.05, 0) is 38.9 Å². The quantitative estimate of drug-likeness (QED) is 0.877. The molecule has 1 aromatic carbocycles. The maximum Gasteiger partial charge on any atom is 0.233 e. The first-order valence-electron chi connectivity index (χ1n) is 6.89. The summed E-state index contributed by atoms with van der Waals surface area (Å²) in [6.07, 6.45) is 1.06. The van der Waals surface area contributed by atoms with Crippen LogP contribution in [0.4, 0.5) is 0 Å². The summed E-state index contributed by atoms with van der Waals surface area (Å²) in [5.41, 5.74) is 1.28. The molecule has 1 aromatic heterocycles. The molecule has 0 bridgehead atoms. The second-order valence-corrected chi connectivity index (χ2v) is 6.65. The largest absolute Gasteiger partial charge is 0.339 e. The van der Waals surface area contributed by atoms with Gasteiger partial charge in [0.05, 0.1) is 11.2 Å². The third-order valence-corrected chi connectivity index (χ3v) is 4.75. The zero-order valence-electron chi connectivity index (χ0n) is 11.8. The minimum absolute atomic E-state index is 0.000223. The molecule has 1 fully saturated rings. The molecule has 0 spiro atoms. The van der Waals surface area contributed by atoms with Gasteiger partial charge in [0, 0.05) is 11.4 Å². The highest BCUT2D eigenvalue weighted by molar-refractivity contribution is 7.98. The standard InChI is InChI=1S/C15H19N3OS/c1-11-3-5-12(6-4-11)20-9-13-17-14(19-18-13)15(2)7-8-16-10-15/h3-6,16H,7-10H2,1-2H3. The lowest BCUT2D eigenvalue weighted by atomic mass is 9.90. The first-order valence-corrected chi connectivity index (χ1v) is 7.88. The maximum atomic E-state index is 5.44. The lowest BCUT2D eigenvalue weighted by Crippen LogP contribution is -2.25. The molecule has 0 saturated carbocycles.